The van der Waals surface area contributed by atoms with Crippen molar-refractivity contribution in [3.8, 4) is 11.4 Å². The Morgan fingerprint density at radius 2 is 1.87 bits per heavy atom. The average molecular weight is 316 g/mol. The van der Waals surface area contributed by atoms with Crippen LogP contribution in [0.5, 0.6) is 0 Å². The first-order chi connectivity index (χ1) is 10.9. The van der Waals surface area contributed by atoms with Gasteiger partial charge >= 0.3 is 5.97 Å². The number of carboxylic acid groups (broad SMARTS) is 1. The first kappa shape index (κ1) is 15.0. The molecule has 0 fully saturated rings. The minimum Gasteiger partial charge on any atom is -0.480 e. The number of hydrogen-bond donors (Lipinski definition) is 2. The summed E-state index contributed by atoms with van der Waals surface area (Å²) in [5.41, 5.74) is 0.850. The zero-order valence-electron chi connectivity index (χ0n) is 12.7. The fourth-order valence-corrected chi connectivity index (χ4v) is 2.64. The molecule has 2 N–H and O–H groups in total. The second kappa shape index (κ2) is 5.40. The smallest absolute Gasteiger partial charge is 0.323 e. The molecule has 1 aromatic carbocycles. The second-order valence-electron chi connectivity index (χ2n) is 5.33. The minimum absolute atomic E-state index is 0.154. The van der Waals surface area contributed by atoms with Crippen molar-refractivity contribution < 1.29 is 19.8 Å². The molecule has 1 atom stereocenters. The molecule has 0 radical (unpaired) electrons. The number of aliphatic hydroxyl groups excluding tert-OH is 1. The van der Waals surface area contributed by atoms with E-state index in [0.29, 0.717) is 11.4 Å². The molecular formula is C15H16N4O4. The normalized spacial score (nSPS) is 17.3. The Labute approximate surface area is 132 Å². The van der Waals surface area contributed by atoms with Crippen LogP contribution in [0.1, 0.15) is 10.5 Å². The maximum absolute atomic E-state index is 12.5. The highest BCUT2D eigenvalue weighted by Gasteiger charge is 2.38. The van der Waals surface area contributed by atoms with E-state index >= 15 is 0 Å². The maximum atomic E-state index is 12.5. The topological polar surface area (TPSA) is 98.9 Å². The van der Waals surface area contributed by atoms with E-state index < -0.39 is 24.8 Å². The number of benzene rings is 1. The van der Waals surface area contributed by atoms with Gasteiger partial charge < -0.3 is 19.7 Å². The molecule has 1 aromatic heterocycles. The number of amides is 1. The van der Waals surface area contributed by atoms with Gasteiger partial charge in [-0.1, -0.05) is 30.3 Å². The number of carbonyl (C=O) groups is 2. The fourth-order valence-electron chi connectivity index (χ4n) is 2.64. The van der Waals surface area contributed by atoms with Crippen LogP contribution in [0.2, 0.25) is 0 Å². The quantitative estimate of drug-likeness (QED) is 0.852. The van der Waals surface area contributed by atoms with Crippen LogP contribution in [0.15, 0.2) is 30.3 Å². The number of nitrogens with zero attached hydrogens (tertiary/aromatic N) is 4. The molecule has 2 aromatic rings. The number of aromatic nitrogens is 2. The van der Waals surface area contributed by atoms with Crippen molar-refractivity contribution in [2.45, 2.75) is 12.9 Å². The third-order valence-electron chi connectivity index (χ3n) is 3.82. The summed E-state index contributed by atoms with van der Waals surface area (Å²) in [6.07, 6.45) is -1.15. The van der Waals surface area contributed by atoms with Crippen LogP contribution < -0.4 is 4.90 Å². The molecule has 2 heterocycles. The van der Waals surface area contributed by atoms with Gasteiger partial charge in [0, 0.05) is 19.7 Å². The molecule has 1 unspecified atom stereocenters. The highest BCUT2D eigenvalue weighted by molar-refractivity contribution is 6.00. The Morgan fingerprint density at radius 1 is 1.22 bits per heavy atom. The molecular weight excluding hydrogens is 300 g/mol. The molecule has 0 spiro atoms. The van der Waals surface area contributed by atoms with Gasteiger partial charge in [-0.25, -0.2) is 4.98 Å². The fraction of sp³-hybridized carbons (Fsp3) is 0.267. The van der Waals surface area contributed by atoms with Crippen molar-refractivity contribution in [2.75, 3.05) is 19.0 Å². The molecule has 0 aliphatic carbocycles. The van der Waals surface area contributed by atoms with E-state index in [9.17, 15) is 19.8 Å². The predicted molar refractivity (Wildman–Crippen MR) is 81.8 cm³/mol. The summed E-state index contributed by atoms with van der Waals surface area (Å²) in [7, 11) is 3.05. The summed E-state index contributed by atoms with van der Waals surface area (Å²) in [5, 5.41) is 19.3. The third-order valence-corrected chi connectivity index (χ3v) is 3.82. The van der Waals surface area contributed by atoms with E-state index in [1.807, 2.05) is 6.07 Å². The van der Waals surface area contributed by atoms with Gasteiger partial charge in [-0.2, -0.15) is 0 Å². The summed E-state index contributed by atoms with van der Waals surface area (Å²) in [5.74, 6) is -0.908. The number of hydrogen-bond acceptors (Lipinski definition) is 5. The Kier molecular flexibility index (Phi) is 3.53. The summed E-state index contributed by atoms with van der Waals surface area (Å²) in [6.45, 7) is -0.393. The van der Waals surface area contributed by atoms with E-state index in [0.717, 1.165) is 4.90 Å². The van der Waals surface area contributed by atoms with Crippen molar-refractivity contribution in [3.05, 3.63) is 36.0 Å². The summed E-state index contributed by atoms with van der Waals surface area (Å²) >= 11 is 0. The number of imidazole rings is 1. The van der Waals surface area contributed by atoms with E-state index in [4.69, 9.17) is 0 Å². The van der Waals surface area contributed by atoms with E-state index in [2.05, 4.69) is 4.98 Å². The molecule has 0 saturated heterocycles. The molecule has 8 heteroatoms. The van der Waals surface area contributed by atoms with Crippen LogP contribution in [-0.2, 0) is 11.3 Å². The number of carboxylic acids is 1. The number of aliphatic hydroxyl groups is 1. The standard InChI is InChI=1S/C15H16N4O4/c1-17-13-11(14(22)18(2)15(17)23)19(8-10(20)21)12(16-13)9-6-4-3-5-7-9/h3-7,15,23H,8H2,1-2H3,(H,20,21). The first-order valence-electron chi connectivity index (χ1n) is 6.97. The lowest BCUT2D eigenvalue weighted by Gasteiger charge is -2.36. The number of aliphatic carboxylic acids is 1. The van der Waals surface area contributed by atoms with Crippen LogP contribution in [0.25, 0.3) is 11.4 Å². The van der Waals surface area contributed by atoms with Gasteiger partial charge in [0.15, 0.2) is 11.5 Å². The number of rotatable bonds is 3. The molecule has 1 aliphatic heterocycles. The molecule has 8 nitrogen and oxygen atoms in total. The Morgan fingerprint density at radius 3 is 2.48 bits per heavy atom. The summed E-state index contributed by atoms with van der Waals surface area (Å²) < 4.78 is 1.37. The SMILES string of the molecule is CN1C(=O)c2c(nc(-c3ccccc3)n2CC(=O)O)N(C)C1O. The second-order valence-corrected chi connectivity index (χ2v) is 5.33. The highest BCUT2D eigenvalue weighted by Crippen LogP contribution is 2.32. The van der Waals surface area contributed by atoms with E-state index in [1.54, 1.807) is 31.3 Å². The van der Waals surface area contributed by atoms with Crippen LogP contribution in [0, 0.1) is 0 Å². The van der Waals surface area contributed by atoms with Gasteiger partial charge in [0.25, 0.3) is 5.91 Å². The predicted octanol–water partition coefficient (Wildman–Crippen LogP) is 0.432. The van der Waals surface area contributed by atoms with Gasteiger partial charge in [0.05, 0.1) is 0 Å². The van der Waals surface area contributed by atoms with Crippen LogP contribution in [0.3, 0.4) is 0 Å². The largest absolute Gasteiger partial charge is 0.480 e. The number of anilines is 1. The molecule has 1 aliphatic rings. The molecule has 1 amide bonds. The number of fused-ring (bicyclic) bond motifs is 1. The zero-order chi connectivity index (χ0) is 16.7. The van der Waals surface area contributed by atoms with Crippen LogP contribution in [0.4, 0.5) is 5.82 Å². The molecule has 23 heavy (non-hydrogen) atoms. The van der Waals surface area contributed by atoms with Crippen molar-refractivity contribution in [3.63, 3.8) is 0 Å². The number of carbonyl (C=O) groups excluding carboxylic acids is 1. The average Bonchev–Trinajstić information content (AvgIpc) is 2.90. The Balaban J connectivity index is 2.25. The van der Waals surface area contributed by atoms with E-state index in [-0.39, 0.29) is 11.5 Å². The van der Waals surface area contributed by atoms with Gasteiger partial charge in [-0.05, 0) is 0 Å². The van der Waals surface area contributed by atoms with Crippen LogP contribution >= 0.6 is 0 Å². The third kappa shape index (κ3) is 2.33. The molecule has 0 bridgehead atoms. The summed E-state index contributed by atoms with van der Waals surface area (Å²) in [4.78, 5) is 30.7. The monoisotopic (exact) mass is 316 g/mol. The lowest BCUT2D eigenvalue weighted by atomic mass is 10.2. The van der Waals surface area contributed by atoms with E-state index in [1.165, 1.54) is 16.5 Å². The van der Waals surface area contributed by atoms with Gasteiger partial charge in [-0.3, -0.25) is 14.5 Å². The molecule has 120 valence electrons. The lowest BCUT2D eigenvalue weighted by Crippen LogP contribution is -2.52. The van der Waals surface area contributed by atoms with Gasteiger partial charge in [0.2, 0.25) is 6.35 Å². The first-order valence-corrected chi connectivity index (χ1v) is 6.97. The molecule has 0 saturated carbocycles. The zero-order valence-corrected chi connectivity index (χ0v) is 12.7. The molecule has 3 rings (SSSR count). The lowest BCUT2D eigenvalue weighted by molar-refractivity contribution is -0.137. The summed E-state index contributed by atoms with van der Waals surface area (Å²) in [6, 6.07) is 9.03. The Bertz CT molecular complexity index is 771. The van der Waals surface area contributed by atoms with Gasteiger partial charge in [0.1, 0.15) is 12.4 Å². The van der Waals surface area contributed by atoms with Crippen LogP contribution in [-0.4, -0.2) is 57.0 Å². The maximum Gasteiger partial charge on any atom is 0.323 e. The van der Waals surface area contributed by atoms with Crippen molar-refractivity contribution >= 4 is 17.7 Å². The van der Waals surface area contributed by atoms with Gasteiger partial charge in [-0.15, -0.1) is 0 Å². The van der Waals surface area contributed by atoms with Crippen molar-refractivity contribution in [2.24, 2.45) is 0 Å². The van der Waals surface area contributed by atoms with Crippen molar-refractivity contribution in [1.29, 1.82) is 0 Å². The highest BCUT2D eigenvalue weighted by atomic mass is 16.4. The Hall–Kier alpha value is -2.87. The van der Waals surface area contributed by atoms with Crippen molar-refractivity contribution in [1.82, 2.24) is 14.5 Å². The minimum atomic E-state index is -1.15.